The molecule has 0 aliphatic rings. The highest BCUT2D eigenvalue weighted by Gasteiger charge is 2.08. The minimum atomic E-state index is -0.767. The maximum absolute atomic E-state index is 11.4. The Balaban J connectivity index is 2.03. The van der Waals surface area contributed by atoms with E-state index in [0.29, 0.717) is 13.0 Å². The fourth-order valence-corrected chi connectivity index (χ4v) is 2.42. The van der Waals surface area contributed by atoms with Crippen LogP contribution in [0.4, 0.5) is 5.69 Å². The zero-order chi connectivity index (χ0) is 15.1. The molecule has 0 saturated heterocycles. The number of amides is 1. The summed E-state index contributed by atoms with van der Waals surface area (Å²) in [6, 6.07) is 13.9. The number of unbranched alkanes of at least 4 members (excludes halogenated alkanes) is 2. The van der Waals surface area contributed by atoms with Gasteiger partial charge in [-0.2, -0.15) is 0 Å². The Morgan fingerprint density at radius 1 is 1.05 bits per heavy atom. The molecular weight excluding hydrogens is 266 g/mol. The van der Waals surface area contributed by atoms with Gasteiger partial charge in [0.25, 0.3) is 0 Å². The number of aliphatic carboxylic acids is 1. The van der Waals surface area contributed by atoms with E-state index in [-0.39, 0.29) is 6.42 Å². The van der Waals surface area contributed by atoms with Crippen molar-refractivity contribution in [3.63, 3.8) is 0 Å². The summed E-state index contributed by atoms with van der Waals surface area (Å²) >= 11 is 0. The molecule has 0 saturated carbocycles. The third-order valence-electron chi connectivity index (χ3n) is 3.49. The average Bonchev–Trinajstić information content (AvgIpc) is 2.50. The van der Waals surface area contributed by atoms with Crippen LogP contribution in [0.3, 0.4) is 0 Å². The van der Waals surface area contributed by atoms with Crippen molar-refractivity contribution in [3.8, 4) is 0 Å². The van der Waals surface area contributed by atoms with Crippen molar-refractivity contribution in [2.45, 2.75) is 25.7 Å². The van der Waals surface area contributed by atoms with E-state index >= 15 is 0 Å². The van der Waals surface area contributed by atoms with Crippen LogP contribution >= 0.6 is 0 Å². The molecule has 0 aromatic heterocycles. The summed E-state index contributed by atoms with van der Waals surface area (Å²) in [5.41, 5.74) is 0.904. The molecule has 0 unspecified atom stereocenters. The third-order valence-corrected chi connectivity index (χ3v) is 3.49. The molecule has 0 bridgehead atoms. The first-order chi connectivity index (χ1) is 10.2. The van der Waals surface area contributed by atoms with E-state index in [1.807, 2.05) is 42.5 Å². The lowest BCUT2D eigenvalue weighted by Gasteiger charge is -2.19. The van der Waals surface area contributed by atoms with Gasteiger partial charge < -0.3 is 10.0 Å². The molecule has 1 N–H and O–H groups in total. The molecule has 1 amide bonds. The monoisotopic (exact) mass is 285 g/mol. The molecule has 0 atom stereocenters. The largest absolute Gasteiger partial charge is 0.481 e. The van der Waals surface area contributed by atoms with E-state index in [9.17, 15) is 9.59 Å². The van der Waals surface area contributed by atoms with Crippen molar-refractivity contribution in [1.29, 1.82) is 0 Å². The first kappa shape index (κ1) is 15.0. The van der Waals surface area contributed by atoms with Gasteiger partial charge in [-0.25, -0.2) is 0 Å². The summed E-state index contributed by atoms with van der Waals surface area (Å²) in [6.45, 7) is 0.608. The van der Waals surface area contributed by atoms with Gasteiger partial charge in [0.05, 0.1) is 5.69 Å². The average molecular weight is 285 g/mol. The van der Waals surface area contributed by atoms with Crippen LogP contribution in [0.5, 0.6) is 0 Å². The van der Waals surface area contributed by atoms with Gasteiger partial charge in [-0.05, 0) is 24.3 Å². The number of carbonyl (C=O) groups is 2. The number of carboxylic acids is 1. The van der Waals surface area contributed by atoms with Crippen LogP contribution < -0.4 is 4.90 Å². The second kappa shape index (κ2) is 7.43. The number of rotatable bonds is 8. The van der Waals surface area contributed by atoms with Crippen molar-refractivity contribution in [2.75, 3.05) is 11.4 Å². The molecule has 0 aliphatic heterocycles. The summed E-state index contributed by atoms with van der Waals surface area (Å²) in [5.74, 6) is -0.767. The highest BCUT2D eigenvalue weighted by molar-refractivity contribution is 5.98. The number of carboxylic acid groups (broad SMARTS) is 1. The van der Waals surface area contributed by atoms with E-state index in [1.54, 1.807) is 4.90 Å². The minimum absolute atomic E-state index is 0.190. The molecule has 0 aliphatic carbocycles. The van der Waals surface area contributed by atoms with Gasteiger partial charge in [0, 0.05) is 18.4 Å². The first-order valence-corrected chi connectivity index (χ1v) is 7.14. The Bertz CT molecular complexity index is 619. The maximum atomic E-state index is 11.4. The van der Waals surface area contributed by atoms with Gasteiger partial charge in [-0.3, -0.25) is 9.59 Å². The number of fused-ring (bicyclic) bond motifs is 1. The smallest absolute Gasteiger partial charge is 0.303 e. The quantitative estimate of drug-likeness (QED) is 0.597. The normalized spacial score (nSPS) is 10.5. The van der Waals surface area contributed by atoms with Crippen LogP contribution in [0.25, 0.3) is 10.8 Å². The zero-order valence-corrected chi connectivity index (χ0v) is 11.9. The van der Waals surface area contributed by atoms with Gasteiger partial charge in [0.1, 0.15) is 0 Å². The fourth-order valence-electron chi connectivity index (χ4n) is 2.42. The summed E-state index contributed by atoms with van der Waals surface area (Å²) < 4.78 is 0. The predicted octanol–water partition coefficient (Wildman–Crippen LogP) is 3.45. The topological polar surface area (TPSA) is 57.6 Å². The van der Waals surface area contributed by atoms with Gasteiger partial charge in [-0.15, -0.1) is 0 Å². The summed E-state index contributed by atoms with van der Waals surface area (Å²) in [7, 11) is 0. The lowest BCUT2D eigenvalue weighted by atomic mass is 10.1. The molecule has 4 heteroatoms. The molecule has 21 heavy (non-hydrogen) atoms. The lowest BCUT2D eigenvalue weighted by molar-refractivity contribution is -0.137. The van der Waals surface area contributed by atoms with Crippen LogP contribution in [0.15, 0.2) is 42.5 Å². The Labute approximate surface area is 124 Å². The number of anilines is 1. The van der Waals surface area contributed by atoms with Crippen molar-refractivity contribution < 1.29 is 14.7 Å². The van der Waals surface area contributed by atoms with E-state index in [0.717, 1.165) is 35.7 Å². The van der Waals surface area contributed by atoms with Gasteiger partial charge in [0.15, 0.2) is 0 Å². The van der Waals surface area contributed by atoms with E-state index < -0.39 is 5.97 Å². The Morgan fingerprint density at radius 3 is 2.57 bits per heavy atom. The van der Waals surface area contributed by atoms with Gasteiger partial charge >= 0.3 is 5.97 Å². The predicted molar refractivity (Wildman–Crippen MR) is 83.5 cm³/mol. The van der Waals surface area contributed by atoms with Crippen molar-refractivity contribution in [2.24, 2.45) is 0 Å². The number of hydrogen-bond donors (Lipinski definition) is 1. The Hall–Kier alpha value is -2.36. The van der Waals surface area contributed by atoms with Gasteiger partial charge in [-0.1, -0.05) is 42.8 Å². The number of hydrogen-bond acceptors (Lipinski definition) is 2. The second-order valence-electron chi connectivity index (χ2n) is 5.00. The second-order valence-corrected chi connectivity index (χ2v) is 5.00. The van der Waals surface area contributed by atoms with Crippen LogP contribution in [0, 0.1) is 0 Å². The molecule has 2 aromatic rings. The number of benzene rings is 2. The third kappa shape index (κ3) is 4.05. The number of nitrogens with zero attached hydrogens (tertiary/aromatic N) is 1. The molecule has 0 spiro atoms. The number of carbonyl (C=O) groups excluding carboxylic acids is 1. The summed E-state index contributed by atoms with van der Waals surface area (Å²) in [6.07, 6.45) is 3.29. The van der Waals surface area contributed by atoms with E-state index in [2.05, 4.69) is 0 Å². The lowest BCUT2D eigenvalue weighted by Crippen LogP contribution is -2.22. The molecule has 110 valence electrons. The standard InChI is InChI=1S/C17H19NO3/c19-13-18(12-5-1-2-11-17(20)21)16-10-6-8-14-7-3-4-9-15(14)16/h3-4,6-10,13H,1-2,5,11-12H2,(H,20,21). The SMILES string of the molecule is O=CN(CCCCCC(=O)O)c1cccc2ccccc12. The van der Waals surface area contributed by atoms with E-state index in [1.165, 1.54) is 0 Å². The van der Waals surface area contributed by atoms with Crippen molar-refractivity contribution in [1.82, 2.24) is 0 Å². The molecule has 2 aromatic carbocycles. The zero-order valence-electron chi connectivity index (χ0n) is 11.9. The molecular formula is C17H19NO3. The van der Waals surface area contributed by atoms with Crippen LogP contribution in [-0.2, 0) is 9.59 Å². The minimum Gasteiger partial charge on any atom is -0.481 e. The van der Waals surface area contributed by atoms with Crippen molar-refractivity contribution in [3.05, 3.63) is 42.5 Å². The Morgan fingerprint density at radius 2 is 1.81 bits per heavy atom. The first-order valence-electron chi connectivity index (χ1n) is 7.14. The highest BCUT2D eigenvalue weighted by Crippen LogP contribution is 2.26. The van der Waals surface area contributed by atoms with Crippen LogP contribution in [-0.4, -0.2) is 24.0 Å². The van der Waals surface area contributed by atoms with Crippen LogP contribution in [0.2, 0.25) is 0 Å². The Kier molecular flexibility index (Phi) is 5.32. The fraction of sp³-hybridized carbons (Fsp3) is 0.294. The molecule has 4 nitrogen and oxygen atoms in total. The molecule has 0 radical (unpaired) electrons. The highest BCUT2D eigenvalue weighted by atomic mass is 16.4. The van der Waals surface area contributed by atoms with E-state index in [4.69, 9.17) is 5.11 Å². The van der Waals surface area contributed by atoms with Gasteiger partial charge in [0.2, 0.25) is 6.41 Å². The van der Waals surface area contributed by atoms with Crippen LogP contribution in [0.1, 0.15) is 25.7 Å². The summed E-state index contributed by atoms with van der Waals surface area (Å²) in [5, 5.41) is 10.8. The van der Waals surface area contributed by atoms with Crippen molar-refractivity contribution >= 4 is 28.8 Å². The molecule has 2 rings (SSSR count). The maximum Gasteiger partial charge on any atom is 0.303 e. The molecule has 0 heterocycles. The summed E-state index contributed by atoms with van der Waals surface area (Å²) in [4.78, 5) is 23.5. The molecule has 0 fully saturated rings.